The first-order valence-electron chi connectivity index (χ1n) is 9.83. The number of benzene rings is 3. The van der Waals surface area contributed by atoms with Crippen LogP contribution in [0, 0.1) is 18.6 Å². The molecule has 1 aliphatic rings. The Balaban J connectivity index is 1.56. The number of carbonyl (C=O) groups excluding carboxylic acids is 2. The number of fused-ring (bicyclic) bond motifs is 1. The van der Waals surface area contributed by atoms with Gasteiger partial charge in [-0.25, -0.2) is 18.4 Å². The summed E-state index contributed by atoms with van der Waals surface area (Å²) in [7, 11) is 1.29. The Labute approximate surface area is 183 Å². The Morgan fingerprint density at radius 1 is 1.09 bits per heavy atom. The van der Waals surface area contributed by atoms with E-state index in [4.69, 9.17) is 9.47 Å². The maximum absolute atomic E-state index is 13.9. The molecule has 0 saturated carbocycles. The molecule has 0 fully saturated rings. The normalized spacial score (nSPS) is 12.8. The summed E-state index contributed by atoms with van der Waals surface area (Å²) in [5.74, 6) is -1.18. The van der Waals surface area contributed by atoms with Crippen LogP contribution in [0.2, 0.25) is 0 Å². The van der Waals surface area contributed by atoms with Crippen molar-refractivity contribution in [2.24, 2.45) is 0 Å². The van der Waals surface area contributed by atoms with Gasteiger partial charge < -0.3 is 14.8 Å². The largest absolute Gasteiger partial charge is 0.489 e. The minimum atomic E-state index is -0.558. The highest BCUT2D eigenvalue weighted by molar-refractivity contribution is 6.05. The van der Waals surface area contributed by atoms with Crippen LogP contribution >= 0.6 is 0 Å². The quantitative estimate of drug-likeness (QED) is 0.557. The molecule has 1 heterocycles. The lowest BCUT2D eigenvalue weighted by Gasteiger charge is -2.31. The van der Waals surface area contributed by atoms with Crippen molar-refractivity contribution in [1.82, 2.24) is 0 Å². The molecule has 6 nitrogen and oxygen atoms in total. The van der Waals surface area contributed by atoms with Crippen LogP contribution in [0.1, 0.15) is 27.0 Å². The summed E-state index contributed by atoms with van der Waals surface area (Å²) in [5.41, 5.74) is 3.25. The summed E-state index contributed by atoms with van der Waals surface area (Å²) in [5, 5.41) is 2.79. The summed E-state index contributed by atoms with van der Waals surface area (Å²) >= 11 is 0. The van der Waals surface area contributed by atoms with E-state index in [9.17, 15) is 18.4 Å². The van der Waals surface area contributed by atoms with Crippen molar-refractivity contribution in [3.8, 4) is 5.75 Å². The van der Waals surface area contributed by atoms with E-state index in [-0.39, 0.29) is 24.7 Å². The highest BCUT2D eigenvalue weighted by atomic mass is 19.1. The Hall–Kier alpha value is -3.94. The third-order valence-corrected chi connectivity index (χ3v) is 5.22. The van der Waals surface area contributed by atoms with Crippen molar-refractivity contribution in [2.75, 3.05) is 17.3 Å². The van der Waals surface area contributed by atoms with E-state index in [0.29, 0.717) is 22.7 Å². The number of anilines is 2. The molecule has 0 aliphatic carbocycles. The van der Waals surface area contributed by atoms with Crippen LogP contribution in [0.15, 0.2) is 54.6 Å². The monoisotopic (exact) mass is 438 g/mol. The third kappa shape index (κ3) is 4.25. The van der Waals surface area contributed by atoms with Gasteiger partial charge in [-0.3, -0.25) is 4.90 Å². The van der Waals surface area contributed by atoms with Gasteiger partial charge in [-0.15, -0.1) is 0 Å². The molecule has 3 aromatic rings. The molecular formula is C24H20F2N2O4. The average molecular weight is 438 g/mol. The van der Waals surface area contributed by atoms with Gasteiger partial charge in [0.25, 0.3) is 0 Å². The first-order chi connectivity index (χ1) is 15.4. The van der Waals surface area contributed by atoms with Gasteiger partial charge in [0, 0.05) is 17.3 Å². The molecule has 0 unspecified atom stereocenters. The number of nitrogens with one attached hydrogen (secondary N) is 1. The summed E-state index contributed by atoms with van der Waals surface area (Å²) < 4.78 is 37.6. The molecule has 164 valence electrons. The van der Waals surface area contributed by atoms with Crippen LogP contribution in [0.4, 0.5) is 25.0 Å². The van der Waals surface area contributed by atoms with Crippen molar-refractivity contribution in [2.45, 2.75) is 20.1 Å². The van der Waals surface area contributed by atoms with Crippen molar-refractivity contribution < 1.29 is 27.8 Å². The van der Waals surface area contributed by atoms with E-state index < -0.39 is 17.6 Å². The fourth-order valence-electron chi connectivity index (χ4n) is 3.48. The van der Waals surface area contributed by atoms with Crippen molar-refractivity contribution in [3.05, 3.63) is 88.5 Å². The number of hydrogen-bond acceptors (Lipinski definition) is 4. The molecule has 0 atom stereocenters. The van der Waals surface area contributed by atoms with Crippen LogP contribution in [-0.2, 0) is 17.9 Å². The van der Waals surface area contributed by atoms with Crippen LogP contribution < -0.4 is 15.0 Å². The number of aryl methyl sites for hydroxylation is 1. The third-order valence-electron chi connectivity index (χ3n) is 5.22. The molecule has 4 rings (SSSR count). The van der Waals surface area contributed by atoms with Crippen LogP contribution in [0.5, 0.6) is 5.75 Å². The van der Waals surface area contributed by atoms with Crippen molar-refractivity contribution >= 4 is 23.4 Å². The Morgan fingerprint density at radius 3 is 2.69 bits per heavy atom. The van der Waals surface area contributed by atoms with Crippen LogP contribution in [0.3, 0.4) is 0 Å². The number of halogens is 2. The SMILES string of the molecule is COC(=O)c1ccc2c(c1)NC(=O)N(c1cc(OCc3cc(F)ccc3F)ccc1C)C2. The standard InChI is InChI=1S/C24H20F2N2O4/c1-14-3-7-19(32-13-17-9-18(25)6-8-20(17)26)11-22(14)28-12-16-5-4-15(23(29)31-2)10-21(16)27-24(28)30/h3-11H,12-13H2,1-2H3,(H,27,30). The second-order valence-corrected chi connectivity index (χ2v) is 7.35. The number of hydrogen-bond donors (Lipinski definition) is 1. The first kappa shape index (κ1) is 21.3. The minimum absolute atomic E-state index is 0.0955. The maximum atomic E-state index is 13.9. The molecule has 0 bridgehead atoms. The molecule has 3 aromatic carbocycles. The fraction of sp³-hybridized carbons (Fsp3) is 0.167. The zero-order valence-electron chi connectivity index (χ0n) is 17.4. The Bertz CT molecular complexity index is 1210. The molecule has 0 spiro atoms. The van der Waals surface area contributed by atoms with E-state index in [2.05, 4.69) is 5.32 Å². The Kier molecular flexibility index (Phi) is 5.77. The van der Waals surface area contributed by atoms with Gasteiger partial charge >= 0.3 is 12.0 Å². The lowest BCUT2D eigenvalue weighted by Crippen LogP contribution is -2.39. The molecule has 1 N–H and O–H groups in total. The average Bonchev–Trinajstić information content (AvgIpc) is 2.79. The number of rotatable bonds is 5. The van der Waals surface area contributed by atoms with Crippen molar-refractivity contribution in [1.29, 1.82) is 0 Å². The van der Waals surface area contributed by atoms with E-state index in [1.54, 1.807) is 41.3 Å². The van der Waals surface area contributed by atoms with Gasteiger partial charge in [0.2, 0.25) is 0 Å². The van der Waals surface area contributed by atoms with Gasteiger partial charge in [-0.1, -0.05) is 12.1 Å². The number of carbonyl (C=O) groups is 2. The predicted octanol–water partition coefficient (Wildman–Crippen LogP) is 5.19. The van der Waals surface area contributed by atoms with E-state index in [1.165, 1.54) is 7.11 Å². The number of methoxy groups -OCH3 is 1. The Morgan fingerprint density at radius 2 is 1.91 bits per heavy atom. The van der Waals surface area contributed by atoms with Gasteiger partial charge in [-0.2, -0.15) is 0 Å². The molecular weight excluding hydrogens is 418 g/mol. The molecule has 32 heavy (non-hydrogen) atoms. The van der Waals surface area contributed by atoms with Gasteiger partial charge in [0.1, 0.15) is 24.0 Å². The number of ether oxygens (including phenoxy) is 2. The van der Waals surface area contributed by atoms with Crippen LogP contribution in [0.25, 0.3) is 0 Å². The molecule has 8 heteroatoms. The molecule has 1 aliphatic heterocycles. The molecule has 0 aromatic heterocycles. The van der Waals surface area contributed by atoms with E-state index >= 15 is 0 Å². The molecule has 0 saturated heterocycles. The smallest absolute Gasteiger partial charge is 0.337 e. The van der Waals surface area contributed by atoms with Crippen LogP contribution in [-0.4, -0.2) is 19.1 Å². The van der Waals surface area contributed by atoms with E-state index in [0.717, 1.165) is 29.3 Å². The fourth-order valence-corrected chi connectivity index (χ4v) is 3.48. The lowest BCUT2D eigenvalue weighted by atomic mass is 10.1. The van der Waals surface area contributed by atoms with Gasteiger partial charge in [0.05, 0.1) is 24.9 Å². The summed E-state index contributed by atoms with van der Waals surface area (Å²) in [4.78, 5) is 26.1. The number of amides is 2. The molecule has 0 radical (unpaired) electrons. The molecule has 2 amide bonds. The van der Waals surface area contributed by atoms with Crippen molar-refractivity contribution in [3.63, 3.8) is 0 Å². The topological polar surface area (TPSA) is 67.9 Å². The summed E-state index contributed by atoms with van der Waals surface area (Å²) in [6.07, 6.45) is 0. The maximum Gasteiger partial charge on any atom is 0.337 e. The number of nitrogens with zero attached hydrogens (tertiary/aromatic N) is 1. The van der Waals surface area contributed by atoms with Gasteiger partial charge in [0.15, 0.2) is 0 Å². The summed E-state index contributed by atoms with van der Waals surface area (Å²) in [6, 6.07) is 13.0. The zero-order valence-corrected chi connectivity index (χ0v) is 17.4. The summed E-state index contributed by atoms with van der Waals surface area (Å²) in [6.45, 7) is 1.98. The predicted molar refractivity (Wildman–Crippen MR) is 115 cm³/mol. The first-order valence-corrected chi connectivity index (χ1v) is 9.83. The minimum Gasteiger partial charge on any atom is -0.489 e. The van der Waals surface area contributed by atoms with Gasteiger partial charge in [-0.05, 0) is 54.4 Å². The highest BCUT2D eigenvalue weighted by Gasteiger charge is 2.26. The second-order valence-electron chi connectivity index (χ2n) is 7.35. The second kappa shape index (κ2) is 8.66. The number of esters is 1. The van der Waals surface area contributed by atoms with E-state index in [1.807, 2.05) is 6.92 Å². The number of urea groups is 1. The lowest BCUT2D eigenvalue weighted by molar-refractivity contribution is 0.0600. The zero-order chi connectivity index (χ0) is 22.8. The highest BCUT2D eigenvalue weighted by Crippen LogP contribution is 2.33.